The Hall–Kier alpha value is -10.8. The molecule has 4 aliphatic heterocycles. The van der Waals surface area contributed by atoms with E-state index in [4.69, 9.17) is 28.9 Å². The number of carboxylic acid groups (broad SMARTS) is 1. The standard InChI is InChI=1S/C83H91N13O16S2/c1-82(32-39-92(40-33-82)56-28-36-93(37-29-56)80-89-63-25-22-54(62-49-91(2)77(105)71-60(62)27-35-84-71)47-61(63)74(90-80)83(51-98,112-57-23-24-57)55-15-7-4-8-16-55)86-34-13-14-53-21-26-67(109-3)66(46-53)94-38-30-69(100)96(81(94)108)52-85-75(103)64(48-70(101)102)88-76(104)65(50-97)87-68(99)31-42-110-44-45-111-43-41-95-78(106)72(113-58-17-9-5-10-18-58)73(79(95)107)114-59-19-11-6-12-20-59/h4-12,15-22,25-27,35,46-47,49,56-57,64-65,84,86,97-98H,23-24,28-34,36-45,48,50-52H2,1-3H3,(H,85,103)(H,87,99)(H,88,104)(H,101,102)/t64-,65-,83-/m0/s1. The smallest absolute Gasteiger partial charge is 0.332 e. The minimum Gasteiger partial charge on any atom is -0.495 e. The lowest BCUT2D eigenvalue weighted by Gasteiger charge is -2.45. The van der Waals surface area contributed by atoms with Crippen molar-refractivity contribution in [2.24, 2.45) is 7.05 Å². The number of carboxylic acids is 1. The third kappa shape index (κ3) is 19.0. The highest BCUT2D eigenvalue weighted by molar-refractivity contribution is 8.08. The summed E-state index contributed by atoms with van der Waals surface area (Å²) in [6.45, 7) is 3.65. The fraction of sp³-hybridized carbons (Fsp3) is 0.386. The molecule has 0 spiro atoms. The zero-order valence-electron chi connectivity index (χ0n) is 63.5. The topological polar surface area (TPSA) is 362 Å². The maximum Gasteiger partial charge on any atom is 0.332 e. The van der Waals surface area contributed by atoms with Gasteiger partial charge in [0.2, 0.25) is 29.6 Å². The number of fused-ring (bicyclic) bond motifs is 2. The minimum absolute atomic E-state index is 0.00703. The first-order valence-corrected chi connectivity index (χ1v) is 39.7. The van der Waals surface area contributed by atoms with E-state index in [2.05, 4.69) is 60.9 Å². The number of H-pyrrole nitrogens is 1. The van der Waals surface area contributed by atoms with E-state index in [0.29, 0.717) is 62.1 Å². The summed E-state index contributed by atoms with van der Waals surface area (Å²) in [6.07, 6.45) is 7.50. The number of amides is 8. The lowest BCUT2D eigenvalue weighted by Crippen LogP contribution is -2.59. The summed E-state index contributed by atoms with van der Waals surface area (Å²) >= 11 is 2.44. The molecule has 3 saturated heterocycles. The molecule has 7 heterocycles. The molecule has 8 aromatic rings. The number of nitrogens with zero attached hydrogens (tertiary/aromatic N) is 8. The second-order valence-electron chi connectivity index (χ2n) is 28.7. The van der Waals surface area contributed by atoms with Gasteiger partial charge < -0.3 is 74.9 Å². The average Bonchev–Trinajstić information content (AvgIpc) is 1.17. The highest BCUT2D eigenvalue weighted by atomic mass is 32.2. The van der Waals surface area contributed by atoms with E-state index in [0.717, 1.165) is 112 Å². The van der Waals surface area contributed by atoms with Crippen molar-refractivity contribution in [1.82, 2.24) is 55.5 Å². The number of urea groups is 1. The maximum absolute atomic E-state index is 14.2. The highest BCUT2D eigenvalue weighted by Crippen LogP contribution is 2.45. The van der Waals surface area contributed by atoms with Gasteiger partial charge in [-0.1, -0.05) is 108 Å². The number of rotatable bonds is 34. The molecule has 8 N–H and O–H groups in total. The Labute approximate surface area is 666 Å². The van der Waals surface area contributed by atoms with Crippen LogP contribution >= 0.6 is 23.5 Å². The van der Waals surface area contributed by atoms with Crippen LogP contribution in [-0.2, 0) is 60.4 Å². The molecular weight excluding hydrogens is 1500 g/mol. The number of aromatic amines is 1. The largest absolute Gasteiger partial charge is 0.495 e. The zero-order valence-corrected chi connectivity index (χ0v) is 65.1. The predicted molar refractivity (Wildman–Crippen MR) is 428 cm³/mol. The number of methoxy groups -OCH3 is 1. The monoisotopic (exact) mass is 1590 g/mol. The van der Waals surface area contributed by atoms with Crippen LogP contribution in [0.2, 0.25) is 0 Å². The molecule has 8 amide bonds. The third-order valence-electron chi connectivity index (χ3n) is 21.0. The number of aromatic nitrogens is 4. The van der Waals surface area contributed by atoms with Crippen molar-refractivity contribution in [2.75, 3.05) is 109 Å². The number of pyridine rings is 1. The van der Waals surface area contributed by atoms with E-state index in [1.165, 1.54) is 35.5 Å². The number of piperidine rings is 2. The summed E-state index contributed by atoms with van der Waals surface area (Å²) in [6, 6.07) is 37.5. The van der Waals surface area contributed by atoms with E-state index in [1.807, 2.05) is 115 Å². The number of hydrogen-bond donors (Lipinski definition) is 8. The Morgan fingerprint density at radius 3 is 2.06 bits per heavy atom. The van der Waals surface area contributed by atoms with Gasteiger partial charge in [0.1, 0.15) is 30.0 Å². The van der Waals surface area contributed by atoms with Gasteiger partial charge in [-0.25, -0.2) is 19.7 Å². The third-order valence-corrected chi connectivity index (χ3v) is 23.3. The molecule has 114 heavy (non-hydrogen) atoms. The first-order chi connectivity index (χ1) is 55.2. The normalized spacial score (nSPS) is 17.2. The molecule has 0 bridgehead atoms. The van der Waals surface area contributed by atoms with Crippen molar-refractivity contribution in [3.63, 3.8) is 0 Å². The number of carbonyl (C=O) groups is 8. The van der Waals surface area contributed by atoms with E-state index >= 15 is 0 Å². The molecule has 13 rings (SSSR count). The molecule has 5 aliphatic rings. The average molecular weight is 1590 g/mol. The highest BCUT2D eigenvalue weighted by Gasteiger charge is 2.45. The van der Waals surface area contributed by atoms with Gasteiger partial charge in [0.15, 0.2) is 5.60 Å². The van der Waals surface area contributed by atoms with E-state index in [-0.39, 0.29) is 76.2 Å². The molecule has 4 fully saturated rings. The summed E-state index contributed by atoms with van der Waals surface area (Å²) in [5, 5.41) is 43.7. The number of aliphatic carboxylic acids is 1. The summed E-state index contributed by atoms with van der Waals surface area (Å²) in [5.41, 5.74) is 3.60. The van der Waals surface area contributed by atoms with Crippen molar-refractivity contribution in [2.45, 2.75) is 110 Å². The molecule has 0 radical (unpaired) electrons. The molecule has 29 nitrogen and oxygen atoms in total. The second-order valence-corrected chi connectivity index (χ2v) is 30.9. The lowest BCUT2D eigenvalue weighted by molar-refractivity contribution is -0.141. The Balaban J connectivity index is 0.557. The number of ether oxygens (including phenoxy) is 4. The van der Waals surface area contributed by atoms with Gasteiger partial charge in [-0.3, -0.25) is 48.2 Å². The Kier molecular flexibility index (Phi) is 26.4. The Morgan fingerprint density at radius 1 is 0.737 bits per heavy atom. The van der Waals surface area contributed by atoms with E-state index < -0.39 is 84.8 Å². The number of imide groups is 2. The number of likely N-dealkylation sites (tertiary alicyclic amines) is 1. The quantitative estimate of drug-likeness (QED) is 0.0119. The number of aryl methyl sites for hydroxylation is 1. The summed E-state index contributed by atoms with van der Waals surface area (Å²) < 4.78 is 25.4. The predicted octanol–water partition coefficient (Wildman–Crippen LogP) is 6.62. The van der Waals surface area contributed by atoms with Crippen LogP contribution in [-0.4, -0.2) is 226 Å². The molecular formula is C83H91N13O16S2. The van der Waals surface area contributed by atoms with Crippen LogP contribution in [0.4, 0.5) is 16.4 Å². The number of carbonyl (C=O) groups excluding carboxylic acids is 7. The molecule has 5 aromatic carbocycles. The Bertz CT molecular complexity index is 4980. The molecule has 0 unspecified atom stereocenters. The maximum atomic E-state index is 14.2. The number of benzene rings is 5. The van der Waals surface area contributed by atoms with Crippen LogP contribution in [0.1, 0.15) is 81.5 Å². The number of nitrogens with one attached hydrogen (secondary N) is 5. The first kappa shape index (κ1) is 81.2. The molecule has 3 atom stereocenters. The number of thioether (sulfide) groups is 2. The molecule has 1 aliphatic carbocycles. The van der Waals surface area contributed by atoms with Gasteiger partial charge in [0, 0.05) is 108 Å². The van der Waals surface area contributed by atoms with Gasteiger partial charge in [-0.2, -0.15) is 0 Å². The molecule has 31 heteroatoms. The summed E-state index contributed by atoms with van der Waals surface area (Å²) in [5.74, 6) is 1.41. The second kappa shape index (κ2) is 37.0. The first-order valence-electron chi connectivity index (χ1n) is 38.0. The van der Waals surface area contributed by atoms with Crippen LogP contribution in [0, 0.1) is 11.8 Å². The van der Waals surface area contributed by atoms with Crippen molar-refractivity contribution >= 4 is 104 Å². The fourth-order valence-electron chi connectivity index (χ4n) is 14.5. The summed E-state index contributed by atoms with van der Waals surface area (Å²) in [4.78, 5) is 144. The number of anilines is 2. The van der Waals surface area contributed by atoms with Crippen molar-refractivity contribution < 1.29 is 72.6 Å². The van der Waals surface area contributed by atoms with Crippen LogP contribution < -0.4 is 41.4 Å². The van der Waals surface area contributed by atoms with Gasteiger partial charge in [-0.15, -0.1) is 0 Å². The van der Waals surface area contributed by atoms with Gasteiger partial charge in [0.25, 0.3) is 17.4 Å². The van der Waals surface area contributed by atoms with Gasteiger partial charge in [0.05, 0.1) is 99.1 Å². The van der Waals surface area contributed by atoms with Crippen LogP contribution in [0.15, 0.2) is 170 Å². The lowest BCUT2D eigenvalue weighted by atomic mass is 9.87. The Morgan fingerprint density at radius 2 is 1.41 bits per heavy atom. The molecule has 1 saturated carbocycles. The van der Waals surface area contributed by atoms with Crippen LogP contribution in [0.3, 0.4) is 0 Å². The van der Waals surface area contributed by atoms with Gasteiger partial charge >= 0.3 is 12.0 Å². The van der Waals surface area contributed by atoms with E-state index in [9.17, 15) is 58.5 Å². The zero-order chi connectivity index (χ0) is 80.0. The number of hydrogen-bond acceptors (Lipinski definition) is 22. The number of aliphatic hydroxyl groups is 2. The number of aliphatic hydroxyl groups excluding tert-OH is 2. The molecule has 596 valence electrons. The van der Waals surface area contributed by atoms with E-state index in [1.54, 1.807) is 36.0 Å². The minimum atomic E-state index is -1.78. The van der Waals surface area contributed by atoms with Crippen molar-refractivity contribution in [3.8, 4) is 28.7 Å². The van der Waals surface area contributed by atoms with Crippen LogP contribution in [0.25, 0.3) is 32.9 Å². The SMILES string of the molecule is COc1ccc(C#CCNC2(C)CCN(C3CCN(c4nc([C@@](CO)(OC5CC5)c5ccccc5)c5cc(-c6cn(C)c(=O)c7[nH]ccc67)ccc5n4)CC3)CC2)cc1N1CCC(=O)N(CNC(=O)[C@H](CC(=O)O)NC(=O)[C@H](CO)NC(=O)CCOCCOCCN2C(=O)C(Sc3ccccc3)=C(Sc3ccccc3)C2=O)C1=O. The van der Waals surface area contributed by atoms with Crippen molar-refractivity contribution in [3.05, 3.63) is 183 Å². The molecule has 3 aromatic heterocycles. The van der Waals surface area contributed by atoms with Gasteiger partial charge in [-0.05, 0) is 117 Å². The summed E-state index contributed by atoms with van der Waals surface area (Å²) in [7, 11) is 3.17. The van der Waals surface area contributed by atoms with Crippen LogP contribution in [0.5, 0.6) is 5.75 Å². The fourth-order valence-corrected chi connectivity index (χ4v) is 16.5. The van der Waals surface area contributed by atoms with Crippen molar-refractivity contribution in [1.29, 1.82) is 0 Å².